The van der Waals surface area contributed by atoms with Crippen molar-refractivity contribution in [2.24, 2.45) is 5.92 Å². The van der Waals surface area contributed by atoms with E-state index in [4.69, 9.17) is 0 Å². The van der Waals surface area contributed by atoms with Gasteiger partial charge in [-0.15, -0.1) is 0 Å². The van der Waals surface area contributed by atoms with E-state index in [1.165, 1.54) is 42.8 Å². The van der Waals surface area contributed by atoms with Crippen LogP contribution in [0.3, 0.4) is 0 Å². The van der Waals surface area contributed by atoms with Crippen LogP contribution in [0, 0.1) is 12.8 Å². The van der Waals surface area contributed by atoms with Gasteiger partial charge in [0, 0.05) is 18.8 Å². The molecule has 0 aliphatic carbocycles. The van der Waals surface area contributed by atoms with E-state index in [9.17, 15) is 0 Å². The van der Waals surface area contributed by atoms with Gasteiger partial charge >= 0.3 is 0 Å². The summed E-state index contributed by atoms with van der Waals surface area (Å²) in [6.07, 6.45) is 2.51. The second-order valence-electron chi connectivity index (χ2n) is 4.94. The number of hydrogen-bond donors (Lipinski definition) is 0. The first kappa shape index (κ1) is 11.3. The summed E-state index contributed by atoms with van der Waals surface area (Å²) in [6, 6.07) is 8.85. The zero-order chi connectivity index (χ0) is 11.5. The molecule has 1 aromatic rings. The molecule has 16 heavy (non-hydrogen) atoms. The average Bonchev–Trinajstić information content (AvgIpc) is 2.30. The molecular weight excluding hydrogens is 194 g/mol. The Morgan fingerprint density at radius 1 is 1.19 bits per heavy atom. The second-order valence-corrected chi connectivity index (χ2v) is 4.94. The highest BCUT2D eigenvalue weighted by atomic mass is 15.1. The van der Waals surface area contributed by atoms with E-state index in [0.29, 0.717) is 0 Å². The maximum Gasteiger partial charge on any atom is 0.0366 e. The lowest BCUT2D eigenvalue weighted by molar-refractivity contribution is 0.459. The second kappa shape index (κ2) is 4.73. The fraction of sp³-hybridized carbons (Fsp3) is 0.467. The van der Waals surface area contributed by atoms with Crippen molar-refractivity contribution in [3.05, 3.63) is 42.0 Å². The number of rotatable bonds is 2. The van der Waals surface area contributed by atoms with Crippen molar-refractivity contribution in [3.8, 4) is 0 Å². The molecule has 2 rings (SSSR count). The van der Waals surface area contributed by atoms with Gasteiger partial charge in [0.2, 0.25) is 0 Å². The standard InChI is InChI=1S/C15H21N/c1-12(2)14-8-10-16(11-9-14)15-6-4-13(3)5-7-15/h4-7,14H,1,8-11H2,2-3H3. The van der Waals surface area contributed by atoms with E-state index in [-0.39, 0.29) is 0 Å². The Kier molecular flexibility index (Phi) is 3.33. The van der Waals surface area contributed by atoms with Crippen LogP contribution in [0.1, 0.15) is 25.3 Å². The van der Waals surface area contributed by atoms with E-state index < -0.39 is 0 Å². The first-order chi connectivity index (χ1) is 7.66. The molecule has 1 nitrogen and oxygen atoms in total. The molecule has 0 bridgehead atoms. The molecule has 0 spiro atoms. The third-order valence-electron chi connectivity index (χ3n) is 3.59. The number of piperidine rings is 1. The molecule has 1 heterocycles. The highest BCUT2D eigenvalue weighted by Crippen LogP contribution is 2.26. The fourth-order valence-electron chi connectivity index (χ4n) is 2.39. The number of hydrogen-bond acceptors (Lipinski definition) is 1. The number of allylic oxidation sites excluding steroid dienone is 1. The number of anilines is 1. The van der Waals surface area contributed by atoms with Gasteiger partial charge in [-0.25, -0.2) is 0 Å². The maximum absolute atomic E-state index is 4.07. The van der Waals surface area contributed by atoms with Crippen molar-refractivity contribution < 1.29 is 0 Å². The van der Waals surface area contributed by atoms with Crippen LogP contribution in [-0.2, 0) is 0 Å². The summed E-state index contributed by atoms with van der Waals surface area (Å²) in [7, 11) is 0. The largest absolute Gasteiger partial charge is 0.371 e. The SMILES string of the molecule is C=C(C)C1CCN(c2ccc(C)cc2)CC1. The lowest BCUT2D eigenvalue weighted by atomic mass is 9.91. The Morgan fingerprint density at radius 3 is 2.25 bits per heavy atom. The Labute approximate surface area is 98.8 Å². The minimum absolute atomic E-state index is 0.738. The van der Waals surface area contributed by atoms with Crippen LogP contribution in [0.25, 0.3) is 0 Å². The zero-order valence-corrected chi connectivity index (χ0v) is 10.4. The third-order valence-corrected chi connectivity index (χ3v) is 3.59. The van der Waals surface area contributed by atoms with Gasteiger partial charge in [-0.1, -0.05) is 29.8 Å². The van der Waals surface area contributed by atoms with Gasteiger partial charge in [0.1, 0.15) is 0 Å². The van der Waals surface area contributed by atoms with E-state index >= 15 is 0 Å². The van der Waals surface area contributed by atoms with Crippen LogP contribution in [-0.4, -0.2) is 13.1 Å². The molecular formula is C15H21N. The Balaban J connectivity index is 1.99. The molecule has 1 aliphatic rings. The van der Waals surface area contributed by atoms with Gasteiger partial charge in [0.05, 0.1) is 0 Å². The first-order valence-corrected chi connectivity index (χ1v) is 6.14. The normalized spacial score (nSPS) is 17.5. The molecule has 86 valence electrons. The topological polar surface area (TPSA) is 3.24 Å². The van der Waals surface area contributed by atoms with Crippen molar-refractivity contribution in [1.82, 2.24) is 0 Å². The Hall–Kier alpha value is -1.24. The van der Waals surface area contributed by atoms with Gasteiger partial charge in [0.15, 0.2) is 0 Å². The van der Waals surface area contributed by atoms with Crippen LogP contribution in [0.2, 0.25) is 0 Å². The number of aryl methyl sites for hydroxylation is 1. The van der Waals surface area contributed by atoms with Gasteiger partial charge in [-0.3, -0.25) is 0 Å². The summed E-state index contributed by atoms with van der Waals surface area (Å²) >= 11 is 0. The average molecular weight is 215 g/mol. The molecule has 1 heteroatoms. The van der Waals surface area contributed by atoms with Crippen LogP contribution in [0.5, 0.6) is 0 Å². The van der Waals surface area contributed by atoms with Gasteiger partial charge in [-0.2, -0.15) is 0 Å². The van der Waals surface area contributed by atoms with Crippen LogP contribution < -0.4 is 4.90 Å². The minimum atomic E-state index is 0.738. The van der Waals surface area contributed by atoms with E-state index in [1.807, 2.05) is 0 Å². The van der Waals surface area contributed by atoms with Crippen molar-refractivity contribution >= 4 is 5.69 Å². The lowest BCUT2D eigenvalue weighted by Gasteiger charge is -2.34. The third kappa shape index (κ3) is 2.46. The van der Waals surface area contributed by atoms with Crippen molar-refractivity contribution in [1.29, 1.82) is 0 Å². The number of benzene rings is 1. The van der Waals surface area contributed by atoms with Crippen molar-refractivity contribution in [2.45, 2.75) is 26.7 Å². The summed E-state index contributed by atoms with van der Waals surface area (Å²) in [6.45, 7) is 10.7. The lowest BCUT2D eigenvalue weighted by Crippen LogP contribution is -2.33. The van der Waals surface area contributed by atoms with E-state index in [1.54, 1.807) is 0 Å². The summed E-state index contributed by atoms with van der Waals surface area (Å²) < 4.78 is 0. The van der Waals surface area contributed by atoms with Crippen LogP contribution in [0.15, 0.2) is 36.4 Å². The predicted octanol–water partition coefficient (Wildman–Crippen LogP) is 3.79. The molecule has 0 N–H and O–H groups in total. The van der Waals surface area contributed by atoms with Crippen molar-refractivity contribution in [3.63, 3.8) is 0 Å². The summed E-state index contributed by atoms with van der Waals surface area (Å²) in [4.78, 5) is 2.48. The highest BCUT2D eigenvalue weighted by molar-refractivity contribution is 5.47. The van der Waals surface area contributed by atoms with Crippen LogP contribution in [0.4, 0.5) is 5.69 Å². The Bertz CT molecular complexity index is 356. The molecule has 1 aliphatic heterocycles. The smallest absolute Gasteiger partial charge is 0.0366 e. The molecule has 0 radical (unpaired) electrons. The van der Waals surface area contributed by atoms with Gasteiger partial charge in [-0.05, 0) is 44.7 Å². The fourth-order valence-corrected chi connectivity index (χ4v) is 2.39. The summed E-state index contributed by atoms with van der Waals surface area (Å²) in [5.74, 6) is 0.738. The minimum Gasteiger partial charge on any atom is -0.371 e. The molecule has 0 aromatic heterocycles. The van der Waals surface area contributed by atoms with Crippen molar-refractivity contribution in [2.75, 3.05) is 18.0 Å². The zero-order valence-electron chi connectivity index (χ0n) is 10.4. The summed E-state index contributed by atoms with van der Waals surface area (Å²) in [5, 5.41) is 0. The van der Waals surface area contributed by atoms with Crippen LogP contribution >= 0.6 is 0 Å². The predicted molar refractivity (Wildman–Crippen MR) is 70.9 cm³/mol. The molecule has 0 saturated carbocycles. The number of nitrogens with zero attached hydrogens (tertiary/aromatic N) is 1. The molecule has 1 aromatic carbocycles. The molecule has 1 fully saturated rings. The maximum atomic E-state index is 4.07. The highest BCUT2D eigenvalue weighted by Gasteiger charge is 2.19. The first-order valence-electron chi connectivity index (χ1n) is 6.14. The quantitative estimate of drug-likeness (QED) is 0.678. The molecule has 1 saturated heterocycles. The monoisotopic (exact) mass is 215 g/mol. The molecule has 0 unspecified atom stereocenters. The summed E-state index contributed by atoms with van der Waals surface area (Å²) in [5.41, 5.74) is 4.05. The Morgan fingerprint density at radius 2 is 1.75 bits per heavy atom. The van der Waals surface area contributed by atoms with Gasteiger partial charge < -0.3 is 4.90 Å². The molecule has 0 atom stereocenters. The van der Waals surface area contributed by atoms with E-state index in [2.05, 4.69) is 49.6 Å². The van der Waals surface area contributed by atoms with E-state index in [0.717, 1.165) is 5.92 Å². The van der Waals surface area contributed by atoms with Gasteiger partial charge in [0.25, 0.3) is 0 Å². The molecule has 0 amide bonds.